The quantitative estimate of drug-likeness (QED) is 0.0648. The van der Waals surface area contributed by atoms with Gasteiger partial charge in [0, 0.05) is 0 Å². The average molecular weight is 605 g/mol. The number of nitrogens with zero attached hydrogens (tertiary/aromatic N) is 1. The Kier molecular flexibility index (Phi) is 10.1. The lowest BCUT2D eigenvalue weighted by molar-refractivity contribution is -0.123. The molecule has 0 saturated heterocycles. The highest BCUT2D eigenvalue weighted by molar-refractivity contribution is 9.10. The Balaban J connectivity index is 1.30. The van der Waals surface area contributed by atoms with E-state index in [4.69, 9.17) is 18.9 Å². The van der Waals surface area contributed by atoms with Gasteiger partial charge in [-0.3, -0.25) is 4.79 Å². The summed E-state index contributed by atoms with van der Waals surface area (Å²) in [5.74, 6) is 0.912. The summed E-state index contributed by atoms with van der Waals surface area (Å²) in [4.78, 5) is 24.9. The van der Waals surface area contributed by atoms with Crippen LogP contribution < -0.4 is 24.4 Å². The molecule has 0 atom stereocenters. The van der Waals surface area contributed by atoms with Gasteiger partial charge in [0.1, 0.15) is 11.5 Å². The van der Waals surface area contributed by atoms with Crippen molar-refractivity contribution in [1.29, 1.82) is 0 Å². The number of unbranched alkanes of at least 4 members (excludes halogenated alkanes) is 1. The molecule has 206 valence electrons. The highest BCUT2D eigenvalue weighted by Gasteiger charge is 2.13. The minimum absolute atomic E-state index is 0.210. The zero-order valence-electron chi connectivity index (χ0n) is 22.2. The first-order chi connectivity index (χ1) is 19.5. The topological polar surface area (TPSA) is 95.5 Å². The third-order valence-corrected chi connectivity index (χ3v) is 6.65. The fraction of sp³-hybridized carbons (Fsp3) is 0.194. The molecule has 1 N–H and O–H groups in total. The number of fused-ring (bicyclic) bond motifs is 1. The van der Waals surface area contributed by atoms with Gasteiger partial charge in [-0.1, -0.05) is 43.7 Å². The fourth-order valence-electron chi connectivity index (χ4n) is 3.71. The molecule has 0 aromatic heterocycles. The number of halogens is 1. The summed E-state index contributed by atoms with van der Waals surface area (Å²) in [6.45, 7) is 2.52. The second-order valence-electron chi connectivity index (χ2n) is 8.71. The third kappa shape index (κ3) is 7.60. The van der Waals surface area contributed by atoms with Gasteiger partial charge in [0.15, 0.2) is 18.1 Å². The number of nitrogens with one attached hydrogen (secondary N) is 1. The monoisotopic (exact) mass is 604 g/mol. The van der Waals surface area contributed by atoms with E-state index in [0.717, 1.165) is 28.1 Å². The number of carbonyl (C=O) groups is 2. The molecule has 0 unspecified atom stereocenters. The van der Waals surface area contributed by atoms with Crippen LogP contribution in [0.25, 0.3) is 10.8 Å². The predicted molar refractivity (Wildman–Crippen MR) is 158 cm³/mol. The molecule has 40 heavy (non-hydrogen) atoms. The number of benzene rings is 4. The van der Waals surface area contributed by atoms with E-state index in [1.165, 1.54) is 13.3 Å². The second kappa shape index (κ2) is 14.1. The van der Waals surface area contributed by atoms with Crippen LogP contribution in [0.15, 0.2) is 88.4 Å². The molecule has 1 amide bonds. The van der Waals surface area contributed by atoms with Crippen molar-refractivity contribution in [2.75, 3.05) is 20.3 Å². The van der Waals surface area contributed by atoms with Crippen molar-refractivity contribution in [3.63, 3.8) is 0 Å². The van der Waals surface area contributed by atoms with Gasteiger partial charge in [0.05, 0.1) is 30.0 Å². The molecule has 0 spiro atoms. The van der Waals surface area contributed by atoms with Crippen LogP contribution in [0.4, 0.5) is 0 Å². The van der Waals surface area contributed by atoms with Gasteiger partial charge in [-0.05, 0) is 87.2 Å². The van der Waals surface area contributed by atoms with Crippen molar-refractivity contribution in [2.45, 2.75) is 19.8 Å². The number of hydrogen-bond donors (Lipinski definition) is 1. The van der Waals surface area contributed by atoms with Crippen LogP contribution in [-0.2, 0) is 4.79 Å². The number of carbonyl (C=O) groups excluding carboxylic acids is 2. The lowest BCUT2D eigenvalue weighted by Gasteiger charge is -2.11. The summed E-state index contributed by atoms with van der Waals surface area (Å²) in [5.41, 5.74) is 3.45. The first-order valence-corrected chi connectivity index (χ1v) is 13.5. The zero-order valence-corrected chi connectivity index (χ0v) is 23.8. The van der Waals surface area contributed by atoms with E-state index in [2.05, 4.69) is 33.4 Å². The third-order valence-electron chi connectivity index (χ3n) is 5.84. The van der Waals surface area contributed by atoms with E-state index >= 15 is 0 Å². The van der Waals surface area contributed by atoms with E-state index in [0.29, 0.717) is 35.0 Å². The summed E-state index contributed by atoms with van der Waals surface area (Å²) in [6, 6.07) is 23.3. The van der Waals surface area contributed by atoms with Crippen molar-refractivity contribution in [3.05, 3.63) is 94.5 Å². The number of esters is 1. The Bertz CT molecular complexity index is 1500. The Hall–Kier alpha value is -4.37. The summed E-state index contributed by atoms with van der Waals surface area (Å²) in [5, 5.41) is 6.04. The highest BCUT2D eigenvalue weighted by atomic mass is 79.9. The smallest absolute Gasteiger partial charge is 0.343 e. The maximum absolute atomic E-state index is 12.6. The minimum Gasteiger partial charge on any atom is -0.494 e. The molecule has 8 nitrogen and oxygen atoms in total. The summed E-state index contributed by atoms with van der Waals surface area (Å²) < 4.78 is 23.0. The van der Waals surface area contributed by atoms with Gasteiger partial charge in [-0.25, -0.2) is 10.2 Å². The SMILES string of the molecule is CCCCOc1ccc(C(=O)Oc2ccc(/C=N\NC(=O)COc3ccc4ccccc4c3Br)cc2OC)cc1. The molecule has 0 bridgehead atoms. The molecule has 0 radical (unpaired) electrons. The molecule has 0 saturated carbocycles. The number of hydrazone groups is 1. The molecule has 4 rings (SSSR count). The zero-order chi connectivity index (χ0) is 28.3. The van der Waals surface area contributed by atoms with E-state index in [1.54, 1.807) is 42.5 Å². The largest absolute Gasteiger partial charge is 0.494 e. The van der Waals surface area contributed by atoms with Crippen LogP contribution in [0.2, 0.25) is 0 Å². The van der Waals surface area contributed by atoms with Gasteiger partial charge in [-0.15, -0.1) is 0 Å². The molecule has 0 heterocycles. The number of methoxy groups -OCH3 is 1. The Morgan fingerprint density at radius 1 is 0.925 bits per heavy atom. The lowest BCUT2D eigenvalue weighted by Crippen LogP contribution is -2.24. The molecular weight excluding hydrogens is 576 g/mol. The molecule has 4 aromatic rings. The second-order valence-corrected chi connectivity index (χ2v) is 9.50. The molecule has 4 aromatic carbocycles. The van der Waals surface area contributed by atoms with Crippen LogP contribution in [0.5, 0.6) is 23.0 Å². The minimum atomic E-state index is -0.523. The first kappa shape index (κ1) is 28.6. The van der Waals surface area contributed by atoms with E-state index in [1.807, 2.05) is 36.4 Å². The van der Waals surface area contributed by atoms with Crippen LogP contribution in [0, 0.1) is 0 Å². The van der Waals surface area contributed by atoms with E-state index in [-0.39, 0.29) is 12.4 Å². The van der Waals surface area contributed by atoms with Crippen molar-refractivity contribution < 1.29 is 28.5 Å². The Morgan fingerprint density at radius 3 is 2.48 bits per heavy atom. The molecule has 0 fully saturated rings. The van der Waals surface area contributed by atoms with Gasteiger partial charge < -0.3 is 18.9 Å². The summed E-state index contributed by atoms with van der Waals surface area (Å²) >= 11 is 3.54. The summed E-state index contributed by atoms with van der Waals surface area (Å²) in [6.07, 6.45) is 3.47. The maximum Gasteiger partial charge on any atom is 0.343 e. The number of hydrogen-bond acceptors (Lipinski definition) is 7. The van der Waals surface area contributed by atoms with Crippen LogP contribution >= 0.6 is 15.9 Å². The predicted octanol–water partition coefficient (Wildman–Crippen LogP) is 6.54. The van der Waals surface area contributed by atoms with Crippen LogP contribution in [0.1, 0.15) is 35.7 Å². The molecule has 9 heteroatoms. The van der Waals surface area contributed by atoms with E-state index < -0.39 is 11.9 Å². The van der Waals surface area contributed by atoms with Crippen LogP contribution in [0.3, 0.4) is 0 Å². The van der Waals surface area contributed by atoms with Gasteiger partial charge in [0.2, 0.25) is 0 Å². The molecule has 0 aliphatic heterocycles. The standard InChI is InChI=1S/C31H29BrN2O6/c1-3-4-17-38-24-13-10-23(11-14-24)31(36)40-26-15-9-21(18-28(26)37-2)19-33-34-29(35)20-39-27-16-12-22-7-5-6-8-25(22)30(27)32/h5-16,18-19H,3-4,17,20H2,1-2H3,(H,34,35)/b33-19-. The molecule has 0 aliphatic carbocycles. The maximum atomic E-state index is 12.6. The van der Waals surface area contributed by atoms with Gasteiger partial charge in [-0.2, -0.15) is 5.10 Å². The van der Waals surface area contributed by atoms with Gasteiger partial charge in [0.25, 0.3) is 5.91 Å². The van der Waals surface area contributed by atoms with E-state index in [9.17, 15) is 9.59 Å². The van der Waals surface area contributed by atoms with Crippen molar-refractivity contribution in [2.24, 2.45) is 5.10 Å². The van der Waals surface area contributed by atoms with Crippen LogP contribution in [-0.4, -0.2) is 38.4 Å². The normalized spacial score (nSPS) is 10.9. The Labute approximate surface area is 241 Å². The number of rotatable bonds is 12. The first-order valence-electron chi connectivity index (χ1n) is 12.7. The average Bonchev–Trinajstić information content (AvgIpc) is 2.98. The number of ether oxygens (including phenoxy) is 4. The Morgan fingerprint density at radius 2 is 1.70 bits per heavy atom. The number of amides is 1. The fourth-order valence-corrected chi connectivity index (χ4v) is 4.32. The van der Waals surface area contributed by atoms with Crippen molar-refractivity contribution in [3.8, 4) is 23.0 Å². The molecular formula is C31H29BrN2O6. The van der Waals surface area contributed by atoms with Gasteiger partial charge >= 0.3 is 5.97 Å². The highest BCUT2D eigenvalue weighted by Crippen LogP contribution is 2.33. The summed E-state index contributed by atoms with van der Waals surface area (Å²) in [7, 11) is 1.47. The van der Waals surface area contributed by atoms with Crippen molar-refractivity contribution >= 4 is 44.8 Å². The lowest BCUT2D eigenvalue weighted by atomic mass is 10.1. The molecule has 0 aliphatic rings. The van der Waals surface area contributed by atoms with Crippen molar-refractivity contribution in [1.82, 2.24) is 5.43 Å².